The predicted molar refractivity (Wildman–Crippen MR) is 120 cm³/mol. The van der Waals surface area contributed by atoms with Crippen molar-refractivity contribution in [3.63, 3.8) is 0 Å². The second-order valence-corrected chi connectivity index (χ2v) is 9.13. The maximum Gasteiger partial charge on any atom is 0.332 e. The Bertz CT molecular complexity index is 1370. The number of hydrogen-bond donors (Lipinski definition) is 1. The third kappa shape index (κ3) is 3.80. The van der Waals surface area contributed by atoms with Crippen LogP contribution in [0, 0.1) is 6.92 Å². The van der Waals surface area contributed by atoms with Crippen molar-refractivity contribution < 1.29 is 4.79 Å². The molecule has 9 nitrogen and oxygen atoms in total. The van der Waals surface area contributed by atoms with Crippen molar-refractivity contribution in [2.24, 2.45) is 14.1 Å². The number of carbonyl (C=O) groups is 1. The fourth-order valence-electron chi connectivity index (χ4n) is 2.75. The number of thioether (sulfide) groups is 1. The number of fused-ring (bicyclic) bond motifs is 1. The average Bonchev–Trinajstić information content (AvgIpc) is 3.40. The molecule has 4 rings (SSSR count). The number of anilines is 1. The number of nitrogens with zero attached hydrogens (tertiary/aromatic N) is 5. The lowest BCUT2D eigenvalue weighted by atomic mass is 10.3. The number of aryl methyl sites for hydroxylation is 2. The minimum Gasteiger partial charge on any atom is -0.301 e. The van der Waals surface area contributed by atoms with Gasteiger partial charge in [0.15, 0.2) is 16.6 Å². The molecule has 0 saturated heterocycles. The van der Waals surface area contributed by atoms with Crippen LogP contribution < -0.4 is 16.6 Å². The zero-order valence-electron chi connectivity index (χ0n) is 16.2. The molecule has 1 N–H and O–H groups in total. The van der Waals surface area contributed by atoms with Crippen LogP contribution in [0.4, 0.5) is 5.13 Å². The van der Waals surface area contributed by atoms with Crippen LogP contribution in [-0.2, 0) is 18.9 Å². The Labute approximate surface area is 182 Å². The molecule has 0 unspecified atom stereocenters. The first-order valence-corrected chi connectivity index (χ1v) is 11.5. The first-order valence-electron chi connectivity index (χ1n) is 8.71. The molecular weight excluding hydrogens is 444 g/mol. The SMILES string of the molecule is Cc1csc(NC(=O)CSc2nc(-c3cccs3)nc3c2c(=O)n(C)c(=O)n3C)n1. The van der Waals surface area contributed by atoms with Gasteiger partial charge >= 0.3 is 5.69 Å². The highest BCUT2D eigenvalue weighted by atomic mass is 32.2. The van der Waals surface area contributed by atoms with Gasteiger partial charge in [-0.05, 0) is 18.4 Å². The monoisotopic (exact) mass is 460 g/mol. The summed E-state index contributed by atoms with van der Waals surface area (Å²) in [5.41, 5.74) is 0.0927. The van der Waals surface area contributed by atoms with Crippen LogP contribution in [0.3, 0.4) is 0 Å². The third-order valence-electron chi connectivity index (χ3n) is 4.21. The minimum atomic E-state index is -0.496. The lowest BCUT2D eigenvalue weighted by Crippen LogP contribution is -2.37. The van der Waals surface area contributed by atoms with Gasteiger partial charge in [0.25, 0.3) is 5.56 Å². The zero-order valence-corrected chi connectivity index (χ0v) is 18.7. The Hall–Kier alpha value is -2.83. The molecule has 1 amide bonds. The van der Waals surface area contributed by atoms with Gasteiger partial charge in [-0.2, -0.15) is 0 Å². The standard InChI is InChI=1S/C18H16N6O3S3/c1-9-7-30-17(19-9)20-11(25)8-29-15-12-14(23(2)18(27)24(3)16(12)26)21-13(22-15)10-5-4-6-28-10/h4-7H,8H2,1-3H3,(H,19,20,25). The molecule has 4 aromatic rings. The summed E-state index contributed by atoms with van der Waals surface area (Å²) in [6.07, 6.45) is 0. The molecule has 4 aromatic heterocycles. The molecule has 0 aliphatic rings. The van der Waals surface area contributed by atoms with E-state index in [1.165, 1.54) is 34.3 Å². The molecular formula is C18H16N6O3S3. The molecule has 0 atom stereocenters. The summed E-state index contributed by atoms with van der Waals surface area (Å²) >= 11 is 3.91. The maximum atomic E-state index is 12.8. The molecule has 0 bridgehead atoms. The molecule has 0 aliphatic heterocycles. The van der Waals surface area contributed by atoms with E-state index in [2.05, 4.69) is 20.3 Å². The van der Waals surface area contributed by atoms with Gasteiger partial charge in [0.05, 0.1) is 16.3 Å². The van der Waals surface area contributed by atoms with Crippen molar-refractivity contribution >= 4 is 56.5 Å². The molecule has 154 valence electrons. The number of thiophene rings is 1. The van der Waals surface area contributed by atoms with E-state index in [-0.39, 0.29) is 22.7 Å². The van der Waals surface area contributed by atoms with E-state index in [0.29, 0.717) is 16.0 Å². The highest BCUT2D eigenvalue weighted by molar-refractivity contribution is 8.00. The second-order valence-electron chi connectivity index (χ2n) is 6.36. The van der Waals surface area contributed by atoms with Crippen LogP contribution in [0.5, 0.6) is 0 Å². The zero-order chi connectivity index (χ0) is 21.4. The van der Waals surface area contributed by atoms with Crippen LogP contribution in [0.1, 0.15) is 5.69 Å². The van der Waals surface area contributed by atoms with Gasteiger partial charge in [-0.1, -0.05) is 17.8 Å². The van der Waals surface area contributed by atoms with Crippen molar-refractivity contribution in [2.75, 3.05) is 11.1 Å². The van der Waals surface area contributed by atoms with Gasteiger partial charge < -0.3 is 5.32 Å². The van der Waals surface area contributed by atoms with Gasteiger partial charge in [0.1, 0.15) is 10.4 Å². The van der Waals surface area contributed by atoms with Crippen LogP contribution in [0.2, 0.25) is 0 Å². The Morgan fingerprint density at radius 3 is 2.63 bits per heavy atom. The summed E-state index contributed by atoms with van der Waals surface area (Å²) in [7, 11) is 2.96. The van der Waals surface area contributed by atoms with E-state index in [1.54, 1.807) is 7.05 Å². The normalized spacial score (nSPS) is 11.2. The lowest BCUT2D eigenvalue weighted by Gasteiger charge is -2.11. The molecule has 0 fully saturated rings. The fourth-order valence-corrected chi connectivity index (χ4v) is 4.93. The van der Waals surface area contributed by atoms with Gasteiger partial charge in [0, 0.05) is 19.5 Å². The van der Waals surface area contributed by atoms with Gasteiger partial charge in [-0.15, -0.1) is 22.7 Å². The maximum absolute atomic E-state index is 12.8. The van der Waals surface area contributed by atoms with Gasteiger partial charge in [0.2, 0.25) is 5.91 Å². The van der Waals surface area contributed by atoms with Crippen molar-refractivity contribution in [1.29, 1.82) is 0 Å². The molecule has 0 aliphatic carbocycles. The van der Waals surface area contributed by atoms with E-state index < -0.39 is 11.2 Å². The first kappa shape index (κ1) is 20.4. The third-order valence-corrected chi connectivity index (χ3v) is 6.93. The molecule has 12 heteroatoms. The summed E-state index contributed by atoms with van der Waals surface area (Å²) < 4.78 is 2.33. The Morgan fingerprint density at radius 2 is 1.97 bits per heavy atom. The number of carbonyl (C=O) groups excluding carboxylic acids is 1. The Morgan fingerprint density at radius 1 is 1.17 bits per heavy atom. The van der Waals surface area contributed by atoms with Crippen molar-refractivity contribution in [2.45, 2.75) is 11.9 Å². The summed E-state index contributed by atoms with van der Waals surface area (Å²) in [6, 6.07) is 3.73. The molecule has 0 aromatic carbocycles. The van der Waals surface area contributed by atoms with E-state index in [1.807, 2.05) is 29.8 Å². The van der Waals surface area contributed by atoms with Crippen molar-refractivity contribution in [3.8, 4) is 10.7 Å². The lowest BCUT2D eigenvalue weighted by molar-refractivity contribution is -0.113. The average molecular weight is 461 g/mol. The topological polar surface area (TPSA) is 112 Å². The number of hydrogen-bond acceptors (Lipinski definition) is 9. The smallest absolute Gasteiger partial charge is 0.301 e. The summed E-state index contributed by atoms with van der Waals surface area (Å²) in [5.74, 6) is 0.167. The first-order chi connectivity index (χ1) is 14.3. The molecule has 0 radical (unpaired) electrons. The van der Waals surface area contributed by atoms with E-state index in [9.17, 15) is 14.4 Å². The predicted octanol–water partition coefficient (Wildman–Crippen LogP) is 2.25. The van der Waals surface area contributed by atoms with Gasteiger partial charge in [-0.3, -0.25) is 18.7 Å². The summed E-state index contributed by atoms with van der Waals surface area (Å²) in [5, 5.41) is 7.55. The van der Waals surface area contributed by atoms with E-state index >= 15 is 0 Å². The Kier molecular flexibility index (Phi) is 5.54. The molecule has 0 spiro atoms. The van der Waals surface area contributed by atoms with Crippen molar-refractivity contribution in [3.05, 3.63) is 49.4 Å². The van der Waals surface area contributed by atoms with Gasteiger partial charge in [-0.25, -0.2) is 19.7 Å². The Balaban J connectivity index is 1.76. The van der Waals surface area contributed by atoms with Crippen molar-refractivity contribution in [1.82, 2.24) is 24.1 Å². The van der Waals surface area contributed by atoms with Crippen LogP contribution >= 0.6 is 34.4 Å². The highest BCUT2D eigenvalue weighted by Gasteiger charge is 2.19. The molecule has 4 heterocycles. The van der Waals surface area contributed by atoms with E-state index in [0.717, 1.165) is 26.9 Å². The van der Waals surface area contributed by atoms with Crippen LogP contribution in [0.25, 0.3) is 21.7 Å². The number of amides is 1. The summed E-state index contributed by atoms with van der Waals surface area (Å²) in [6.45, 7) is 1.85. The molecule has 30 heavy (non-hydrogen) atoms. The summed E-state index contributed by atoms with van der Waals surface area (Å²) in [4.78, 5) is 51.6. The number of rotatable bonds is 5. The number of aromatic nitrogens is 5. The largest absolute Gasteiger partial charge is 0.332 e. The number of thiazole rings is 1. The fraction of sp³-hybridized carbons (Fsp3) is 0.222. The minimum absolute atomic E-state index is 0.0284. The van der Waals surface area contributed by atoms with E-state index in [4.69, 9.17) is 0 Å². The quantitative estimate of drug-likeness (QED) is 0.359. The second kappa shape index (κ2) is 8.13. The highest BCUT2D eigenvalue weighted by Crippen LogP contribution is 2.28. The van der Waals surface area contributed by atoms with Crippen LogP contribution in [0.15, 0.2) is 37.5 Å². The molecule has 0 saturated carbocycles. The number of nitrogens with one attached hydrogen (secondary N) is 1. The van der Waals surface area contributed by atoms with Crippen LogP contribution in [-0.4, -0.2) is 35.7 Å².